The van der Waals surface area contributed by atoms with E-state index in [0.29, 0.717) is 18.7 Å². The van der Waals surface area contributed by atoms with Gasteiger partial charge in [-0.2, -0.15) is 13.2 Å². The first-order valence-corrected chi connectivity index (χ1v) is 9.75. The number of hydrogen-bond donors (Lipinski definition) is 1. The Morgan fingerprint density at radius 1 is 0.963 bits per heavy atom. The fraction of sp³-hybridized carbons (Fsp3) is 0.278. The average molecular weight is 398 g/mol. The normalized spacial score (nSPS) is 15.0. The van der Waals surface area contributed by atoms with E-state index in [-0.39, 0.29) is 10.8 Å². The predicted molar refractivity (Wildman–Crippen MR) is 93.8 cm³/mol. The highest BCUT2D eigenvalue weighted by molar-refractivity contribution is 7.92. The molecule has 1 fully saturated rings. The van der Waals surface area contributed by atoms with Gasteiger partial charge >= 0.3 is 6.18 Å². The number of anilines is 1. The molecule has 1 aliphatic heterocycles. The molecule has 2 aromatic carbocycles. The summed E-state index contributed by atoms with van der Waals surface area (Å²) >= 11 is 0. The molecule has 0 radical (unpaired) electrons. The number of carbonyl (C=O) groups excluding carboxylic acids is 1. The van der Waals surface area contributed by atoms with Crippen molar-refractivity contribution in [1.29, 1.82) is 0 Å². The van der Waals surface area contributed by atoms with Crippen LogP contribution in [0.2, 0.25) is 0 Å². The maximum absolute atomic E-state index is 13.0. The summed E-state index contributed by atoms with van der Waals surface area (Å²) in [6, 6.07) is 9.49. The largest absolute Gasteiger partial charge is 0.418 e. The predicted octanol–water partition coefficient (Wildman–Crippen LogP) is 3.74. The smallest absolute Gasteiger partial charge is 0.339 e. The molecule has 0 spiro atoms. The second-order valence-corrected chi connectivity index (χ2v) is 7.85. The van der Waals surface area contributed by atoms with Crippen LogP contribution in [-0.2, 0) is 16.2 Å². The first-order valence-electron chi connectivity index (χ1n) is 8.27. The van der Waals surface area contributed by atoms with Crippen LogP contribution in [0.3, 0.4) is 0 Å². The van der Waals surface area contributed by atoms with Gasteiger partial charge in [-0.1, -0.05) is 12.1 Å². The van der Waals surface area contributed by atoms with Crippen molar-refractivity contribution < 1.29 is 26.4 Å². The van der Waals surface area contributed by atoms with Gasteiger partial charge in [-0.05, 0) is 49.2 Å². The van der Waals surface area contributed by atoms with Crippen LogP contribution >= 0.6 is 0 Å². The number of likely N-dealkylation sites (tertiary alicyclic amines) is 1. The van der Waals surface area contributed by atoms with Crippen molar-refractivity contribution in [1.82, 2.24) is 4.90 Å². The third-order valence-electron chi connectivity index (χ3n) is 4.28. The van der Waals surface area contributed by atoms with Gasteiger partial charge in [0.25, 0.3) is 15.9 Å². The van der Waals surface area contributed by atoms with Crippen LogP contribution in [0.5, 0.6) is 0 Å². The SMILES string of the molecule is O=C(c1ccc(S(=O)(=O)Nc2ccccc2C(F)(F)F)cc1)N1CCCC1. The van der Waals surface area contributed by atoms with Crippen molar-refractivity contribution in [3.05, 3.63) is 59.7 Å². The summed E-state index contributed by atoms with van der Waals surface area (Å²) in [5, 5.41) is 0. The van der Waals surface area contributed by atoms with Crippen molar-refractivity contribution in [2.45, 2.75) is 23.9 Å². The molecule has 3 rings (SSSR count). The zero-order chi connectivity index (χ0) is 19.7. The van der Waals surface area contributed by atoms with Crippen LogP contribution in [0, 0.1) is 0 Å². The number of alkyl halides is 3. The Morgan fingerprint density at radius 2 is 1.56 bits per heavy atom. The minimum absolute atomic E-state index is 0.188. The van der Waals surface area contributed by atoms with E-state index in [1.165, 1.54) is 36.4 Å². The van der Waals surface area contributed by atoms with Gasteiger partial charge < -0.3 is 4.90 Å². The second-order valence-electron chi connectivity index (χ2n) is 6.17. The molecule has 9 heteroatoms. The van der Waals surface area contributed by atoms with Gasteiger partial charge in [0.2, 0.25) is 0 Å². The molecular formula is C18H17F3N2O3S. The summed E-state index contributed by atoms with van der Waals surface area (Å²) in [7, 11) is -4.23. The molecule has 0 atom stereocenters. The molecule has 1 heterocycles. The Balaban J connectivity index is 1.83. The Hall–Kier alpha value is -2.55. The van der Waals surface area contributed by atoms with Crippen LogP contribution < -0.4 is 4.72 Å². The zero-order valence-corrected chi connectivity index (χ0v) is 15.0. The van der Waals surface area contributed by atoms with Gasteiger partial charge in [0.15, 0.2) is 0 Å². The Bertz CT molecular complexity index is 935. The van der Waals surface area contributed by atoms with E-state index in [9.17, 15) is 26.4 Å². The number of para-hydroxylation sites is 1. The number of rotatable bonds is 4. The number of nitrogens with one attached hydrogen (secondary N) is 1. The minimum Gasteiger partial charge on any atom is -0.339 e. The molecule has 0 bridgehead atoms. The van der Waals surface area contributed by atoms with Crippen LogP contribution in [-0.4, -0.2) is 32.3 Å². The molecule has 144 valence electrons. The topological polar surface area (TPSA) is 66.5 Å². The van der Waals surface area contributed by atoms with Crippen LogP contribution in [0.1, 0.15) is 28.8 Å². The molecule has 1 saturated heterocycles. The van der Waals surface area contributed by atoms with Crippen molar-refractivity contribution >= 4 is 21.6 Å². The van der Waals surface area contributed by atoms with E-state index in [1.807, 2.05) is 4.72 Å². The third kappa shape index (κ3) is 4.24. The number of amides is 1. The Labute approximate surface area is 154 Å². The van der Waals surface area contributed by atoms with Gasteiger partial charge in [-0.25, -0.2) is 8.42 Å². The van der Waals surface area contributed by atoms with E-state index >= 15 is 0 Å². The monoisotopic (exact) mass is 398 g/mol. The first-order chi connectivity index (χ1) is 12.7. The zero-order valence-electron chi connectivity index (χ0n) is 14.2. The van der Waals surface area contributed by atoms with Crippen LogP contribution in [0.25, 0.3) is 0 Å². The van der Waals surface area contributed by atoms with Crippen molar-refractivity contribution in [2.24, 2.45) is 0 Å². The molecule has 0 aliphatic carbocycles. The highest BCUT2D eigenvalue weighted by Gasteiger charge is 2.34. The van der Waals surface area contributed by atoms with E-state index < -0.39 is 27.5 Å². The molecule has 0 aromatic heterocycles. The molecule has 1 N–H and O–H groups in total. The summed E-state index contributed by atoms with van der Waals surface area (Å²) in [4.78, 5) is 13.7. The highest BCUT2D eigenvalue weighted by atomic mass is 32.2. The molecule has 1 amide bonds. The standard InChI is InChI=1S/C18H17F3N2O3S/c19-18(20,21)15-5-1-2-6-16(15)22-27(25,26)14-9-7-13(8-10-14)17(24)23-11-3-4-12-23/h1-2,5-10,22H,3-4,11-12H2. The van der Waals surface area contributed by atoms with Crippen LogP contribution in [0.15, 0.2) is 53.4 Å². The maximum atomic E-state index is 13.0. The van der Waals surface area contributed by atoms with Crippen molar-refractivity contribution in [2.75, 3.05) is 17.8 Å². The Kier molecular flexibility index (Phi) is 5.14. The number of carbonyl (C=O) groups is 1. The summed E-state index contributed by atoms with van der Waals surface area (Å²) < 4.78 is 66.0. The molecule has 27 heavy (non-hydrogen) atoms. The quantitative estimate of drug-likeness (QED) is 0.853. The molecule has 5 nitrogen and oxygen atoms in total. The fourth-order valence-electron chi connectivity index (χ4n) is 2.90. The van der Waals surface area contributed by atoms with E-state index in [1.54, 1.807) is 4.90 Å². The molecule has 2 aromatic rings. The molecular weight excluding hydrogens is 381 g/mol. The van der Waals surface area contributed by atoms with Gasteiger partial charge in [-0.3, -0.25) is 9.52 Å². The Morgan fingerprint density at radius 3 is 2.15 bits per heavy atom. The second kappa shape index (κ2) is 7.22. The lowest BCUT2D eigenvalue weighted by atomic mass is 10.2. The number of halogens is 3. The van der Waals surface area contributed by atoms with Crippen molar-refractivity contribution in [3.8, 4) is 0 Å². The minimum atomic E-state index is -4.69. The lowest BCUT2D eigenvalue weighted by Crippen LogP contribution is -2.27. The summed E-state index contributed by atoms with van der Waals surface area (Å²) in [5.41, 5.74) is -1.29. The summed E-state index contributed by atoms with van der Waals surface area (Å²) in [6.07, 6.45) is -2.83. The molecule has 0 unspecified atom stereocenters. The average Bonchev–Trinajstić information content (AvgIpc) is 3.15. The van der Waals surface area contributed by atoms with Gasteiger partial charge in [0.1, 0.15) is 0 Å². The van der Waals surface area contributed by atoms with Gasteiger partial charge in [-0.15, -0.1) is 0 Å². The lowest BCUT2D eigenvalue weighted by Gasteiger charge is -2.16. The molecule has 0 saturated carbocycles. The van der Waals surface area contributed by atoms with E-state index in [4.69, 9.17) is 0 Å². The summed E-state index contributed by atoms with van der Waals surface area (Å²) in [5.74, 6) is -0.188. The van der Waals surface area contributed by atoms with E-state index in [0.717, 1.165) is 25.0 Å². The maximum Gasteiger partial charge on any atom is 0.418 e. The summed E-state index contributed by atoms with van der Waals surface area (Å²) in [6.45, 7) is 1.32. The number of benzene rings is 2. The fourth-order valence-corrected chi connectivity index (χ4v) is 3.98. The lowest BCUT2D eigenvalue weighted by molar-refractivity contribution is -0.136. The first kappa shape index (κ1) is 19.2. The highest BCUT2D eigenvalue weighted by Crippen LogP contribution is 2.35. The van der Waals surface area contributed by atoms with Crippen LogP contribution in [0.4, 0.5) is 18.9 Å². The van der Waals surface area contributed by atoms with Gasteiger partial charge in [0, 0.05) is 18.7 Å². The third-order valence-corrected chi connectivity index (χ3v) is 5.66. The number of nitrogens with zero attached hydrogens (tertiary/aromatic N) is 1. The van der Waals surface area contributed by atoms with E-state index in [2.05, 4.69) is 0 Å². The van der Waals surface area contributed by atoms with Crippen molar-refractivity contribution in [3.63, 3.8) is 0 Å². The number of hydrogen-bond acceptors (Lipinski definition) is 3. The number of sulfonamides is 1. The van der Waals surface area contributed by atoms with Gasteiger partial charge in [0.05, 0.1) is 16.1 Å². The molecule has 1 aliphatic rings.